The first-order valence-corrected chi connectivity index (χ1v) is 8.57. The van der Waals surface area contributed by atoms with E-state index in [0.29, 0.717) is 32.6 Å². The van der Waals surface area contributed by atoms with Crippen molar-refractivity contribution in [2.75, 3.05) is 32.7 Å². The van der Waals surface area contributed by atoms with Crippen LogP contribution in [0.25, 0.3) is 0 Å². The highest BCUT2D eigenvalue weighted by molar-refractivity contribution is 5.83. The Kier molecular flexibility index (Phi) is 5.03. The lowest BCUT2D eigenvalue weighted by Crippen LogP contribution is -2.54. The van der Waals surface area contributed by atoms with Gasteiger partial charge in [0.1, 0.15) is 0 Å². The molecule has 2 saturated heterocycles. The van der Waals surface area contributed by atoms with Gasteiger partial charge < -0.3 is 9.80 Å². The Morgan fingerprint density at radius 1 is 1.12 bits per heavy atom. The van der Waals surface area contributed by atoms with Crippen molar-refractivity contribution in [2.24, 2.45) is 0 Å². The number of rotatable bonds is 3. The summed E-state index contributed by atoms with van der Waals surface area (Å²) in [6.07, 6.45) is -0.108. The van der Waals surface area contributed by atoms with Crippen LogP contribution in [0, 0.1) is 6.92 Å². The van der Waals surface area contributed by atoms with E-state index in [1.54, 1.807) is 9.80 Å². The maximum Gasteiger partial charge on any atom is 0.262 e. The van der Waals surface area contributed by atoms with Gasteiger partial charge >= 0.3 is 0 Å². The summed E-state index contributed by atoms with van der Waals surface area (Å²) in [5.74, 6) is -3.07. The molecule has 5 nitrogen and oxygen atoms in total. The molecule has 2 aliphatic heterocycles. The molecule has 0 aromatic heterocycles. The maximum absolute atomic E-state index is 13.2. The minimum atomic E-state index is -2.81. The van der Waals surface area contributed by atoms with Gasteiger partial charge in [-0.3, -0.25) is 14.9 Å². The highest BCUT2D eigenvalue weighted by Crippen LogP contribution is 2.26. The normalized spacial score (nSPS) is 22.9. The van der Waals surface area contributed by atoms with Crippen LogP contribution in [0.5, 0.6) is 0 Å². The third-order valence-electron chi connectivity index (χ3n) is 4.83. The fourth-order valence-corrected chi connectivity index (χ4v) is 3.28. The number of carbonyl (C=O) groups is 2. The first-order valence-electron chi connectivity index (χ1n) is 8.57. The molecule has 2 amide bonds. The molecule has 1 aromatic rings. The van der Waals surface area contributed by atoms with E-state index < -0.39 is 24.9 Å². The van der Waals surface area contributed by atoms with E-state index in [-0.39, 0.29) is 11.8 Å². The number of hydrogen-bond acceptors (Lipinski definition) is 3. The van der Waals surface area contributed by atoms with E-state index in [4.69, 9.17) is 0 Å². The van der Waals surface area contributed by atoms with Crippen LogP contribution in [0.3, 0.4) is 0 Å². The molecule has 1 unspecified atom stereocenters. The first-order chi connectivity index (χ1) is 11.8. The number of aryl methyl sites for hydroxylation is 1. The van der Waals surface area contributed by atoms with Gasteiger partial charge in [-0.1, -0.05) is 29.8 Å². The summed E-state index contributed by atoms with van der Waals surface area (Å²) < 4.78 is 26.5. The third kappa shape index (κ3) is 4.34. The number of benzene rings is 1. The van der Waals surface area contributed by atoms with Crippen LogP contribution in [0.15, 0.2) is 24.3 Å². The van der Waals surface area contributed by atoms with Crippen LogP contribution >= 0.6 is 0 Å². The number of carbonyl (C=O) groups excluding carboxylic acids is 2. The molecule has 1 atom stereocenters. The Balaban J connectivity index is 1.49. The number of halogens is 2. The standard InChI is InChI=1S/C18H23F2N3O2/c1-13-2-4-14(5-3-13)10-16(24)22-6-8-23(9-7-22)17(25)15-11-18(19,20)12-21-15/h2-5,15,21H,6-12H2,1H3. The topological polar surface area (TPSA) is 52.7 Å². The summed E-state index contributed by atoms with van der Waals surface area (Å²) in [6, 6.07) is 7.02. The molecule has 2 fully saturated rings. The van der Waals surface area contributed by atoms with E-state index in [1.807, 2.05) is 31.2 Å². The number of hydrogen-bond donors (Lipinski definition) is 1. The second kappa shape index (κ2) is 7.07. The van der Waals surface area contributed by atoms with Crippen molar-refractivity contribution in [3.05, 3.63) is 35.4 Å². The van der Waals surface area contributed by atoms with Crippen molar-refractivity contribution in [2.45, 2.75) is 31.7 Å². The smallest absolute Gasteiger partial charge is 0.262 e. The third-order valence-corrected chi connectivity index (χ3v) is 4.83. The molecule has 0 bridgehead atoms. The molecule has 0 saturated carbocycles. The fraction of sp³-hybridized carbons (Fsp3) is 0.556. The zero-order valence-corrected chi connectivity index (χ0v) is 14.3. The fourth-order valence-electron chi connectivity index (χ4n) is 3.28. The molecule has 0 aliphatic carbocycles. The molecule has 3 rings (SSSR count). The van der Waals surface area contributed by atoms with Crippen molar-refractivity contribution in [1.82, 2.24) is 15.1 Å². The Hall–Kier alpha value is -2.02. The molecular formula is C18H23F2N3O2. The summed E-state index contributed by atoms with van der Waals surface area (Å²) >= 11 is 0. The molecule has 7 heteroatoms. The lowest BCUT2D eigenvalue weighted by atomic mass is 10.1. The van der Waals surface area contributed by atoms with Crippen LogP contribution in [-0.2, 0) is 16.0 Å². The molecular weight excluding hydrogens is 328 g/mol. The van der Waals surface area contributed by atoms with E-state index >= 15 is 0 Å². The number of piperazine rings is 1. The minimum absolute atomic E-state index is 0.0291. The molecule has 25 heavy (non-hydrogen) atoms. The zero-order valence-electron chi connectivity index (χ0n) is 14.3. The van der Waals surface area contributed by atoms with Gasteiger partial charge in [0, 0.05) is 32.6 Å². The second-order valence-electron chi connectivity index (χ2n) is 6.86. The Labute approximate surface area is 146 Å². The van der Waals surface area contributed by atoms with Gasteiger partial charge in [-0.05, 0) is 12.5 Å². The minimum Gasteiger partial charge on any atom is -0.339 e. The lowest BCUT2D eigenvalue weighted by molar-refractivity contribution is -0.140. The van der Waals surface area contributed by atoms with Gasteiger partial charge in [-0.2, -0.15) is 0 Å². The van der Waals surface area contributed by atoms with Gasteiger partial charge in [0.2, 0.25) is 11.8 Å². The molecule has 2 heterocycles. The SMILES string of the molecule is Cc1ccc(CC(=O)N2CCN(C(=O)C3CC(F)(F)CN3)CC2)cc1. The van der Waals surface area contributed by atoms with Crippen LogP contribution < -0.4 is 5.32 Å². The summed E-state index contributed by atoms with van der Waals surface area (Å²) in [5, 5.41) is 2.59. The van der Waals surface area contributed by atoms with Crippen molar-refractivity contribution < 1.29 is 18.4 Å². The highest BCUT2D eigenvalue weighted by Gasteiger charge is 2.43. The average molecular weight is 351 g/mol. The number of amides is 2. The predicted molar refractivity (Wildman–Crippen MR) is 89.4 cm³/mol. The Morgan fingerprint density at radius 3 is 2.28 bits per heavy atom. The zero-order chi connectivity index (χ0) is 18.0. The van der Waals surface area contributed by atoms with Crippen LogP contribution in [0.1, 0.15) is 17.5 Å². The quantitative estimate of drug-likeness (QED) is 0.891. The van der Waals surface area contributed by atoms with E-state index in [2.05, 4.69) is 5.32 Å². The molecule has 2 aliphatic rings. The monoisotopic (exact) mass is 351 g/mol. The molecule has 136 valence electrons. The Bertz CT molecular complexity index is 640. The number of nitrogens with zero attached hydrogens (tertiary/aromatic N) is 2. The predicted octanol–water partition coefficient (Wildman–Crippen LogP) is 1.21. The van der Waals surface area contributed by atoms with E-state index in [9.17, 15) is 18.4 Å². The molecule has 1 aromatic carbocycles. The van der Waals surface area contributed by atoms with Crippen LogP contribution in [0.4, 0.5) is 8.78 Å². The Morgan fingerprint density at radius 2 is 1.72 bits per heavy atom. The average Bonchev–Trinajstić information content (AvgIpc) is 2.96. The van der Waals surface area contributed by atoms with Crippen LogP contribution in [-0.4, -0.2) is 66.3 Å². The molecule has 0 radical (unpaired) electrons. The van der Waals surface area contributed by atoms with Gasteiger partial charge in [-0.25, -0.2) is 8.78 Å². The van der Waals surface area contributed by atoms with E-state index in [1.165, 1.54) is 0 Å². The van der Waals surface area contributed by atoms with Gasteiger partial charge in [0.05, 0.1) is 19.0 Å². The molecule has 0 spiro atoms. The number of alkyl halides is 2. The van der Waals surface area contributed by atoms with Crippen molar-refractivity contribution in [1.29, 1.82) is 0 Å². The van der Waals surface area contributed by atoms with E-state index in [0.717, 1.165) is 11.1 Å². The highest BCUT2D eigenvalue weighted by atomic mass is 19.3. The largest absolute Gasteiger partial charge is 0.339 e. The van der Waals surface area contributed by atoms with Gasteiger partial charge in [0.25, 0.3) is 5.92 Å². The first kappa shape index (κ1) is 17.8. The second-order valence-corrected chi connectivity index (χ2v) is 6.86. The summed E-state index contributed by atoms with van der Waals surface area (Å²) in [4.78, 5) is 28.0. The summed E-state index contributed by atoms with van der Waals surface area (Å²) in [7, 11) is 0. The maximum atomic E-state index is 13.2. The van der Waals surface area contributed by atoms with Gasteiger partial charge in [-0.15, -0.1) is 0 Å². The van der Waals surface area contributed by atoms with Crippen molar-refractivity contribution in [3.8, 4) is 0 Å². The van der Waals surface area contributed by atoms with Crippen LogP contribution in [0.2, 0.25) is 0 Å². The summed E-state index contributed by atoms with van der Waals surface area (Å²) in [5.41, 5.74) is 2.11. The van der Waals surface area contributed by atoms with Crippen molar-refractivity contribution >= 4 is 11.8 Å². The molecule has 1 N–H and O–H groups in total. The van der Waals surface area contributed by atoms with Gasteiger partial charge in [0.15, 0.2) is 0 Å². The summed E-state index contributed by atoms with van der Waals surface area (Å²) in [6.45, 7) is 3.22. The number of nitrogens with one attached hydrogen (secondary N) is 1. The lowest BCUT2D eigenvalue weighted by Gasteiger charge is -2.36. The van der Waals surface area contributed by atoms with Crippen molar-refractivity contribution in [3.63, 3.8) is 0 Å².